The summed E-state index contributed by atoms with van der Waals surface area (Å²) in [4.78, 5) is 68.7. The van der Waals surface area contributed by atoms with Crippen LogP contribution in [0.3, 0.4) is 0 Å². The van der Waals surface area contributed by atoms with Gasteiger partial charge in [0, 0.05) is 55.8 Å². The molecule has 6 rings (SSSR count). The zero-order chi connectivity index (χ0) is 28.7. The molecule has 3 aliphatic heterocycles. The molecule has 1 aliphatic carbocycles. The molecule has 1 atom stereocenters. The van der Waals surface area contributed by atoms with E-state index in [1.807, 2.05) is 0 Å². The van der Waals surface area contributed by atoms with Crippen molar-refractivity contribution in [2.24, 2.45) is 0 Å². The number of rotatable bonds is 4. The third kappa shape index (κ3) is 5.14. The van der Waals surface area contributed by atoms with Crippen LogP contribution in [0.4, 0.5) is 4.39 Å². The highest BCUT2D eigenvalue weighted by atomic mass is 19.1. The first-order valence-corrected chi connectivity index (χ1v) is 14.1. The van der Waals surface area contributed by atoms with Gasteiger partial charge in [0.05, 0.1) is 0 Å². The minimum absolute atomic E-state index is 0.0132. The molecule has 9 nitrogen and oxygen atoms in total. The number of nitrogens with one attached hydrogen (secondary N) is 1. The Hall–Kier alpha value is -4.34. The lowest BCUT2D eigenvalue weighted by Crippen LogP contribution is -2.52. The van der Waals surface area contributed by atoms with Crippen molar-refractivity contribution in [3.05, 3.63) is 76.1 Å². The summed E-state index contributed by atoms with van der Waals surface area (Å²) in [7, 11) is 0. The van der Waals surface area contributed by atoms with E-state index < -0.39 is 11.9 Å². The van der Waals surface area contributed by atoms with Gasteiger partial charge in [-0.15, -0.1) is 0 Å². The molecule has 0 radical (unpaired) electrons. The molecule has 5 amide bonds. The molecular formula is C31H31FN4O5. The molecule has 4 aliphatic rings. The van der Waals surface area contributed by atoms with Crippen LogP contribution in [0.15, 0.2) is 48.0 Å². The van der Waals surface area contributed by atoms with Gasteiger partial charge in [0.1, 0.15) is 11.9 Å². The van der Waals surface area contributed by atoms with Gasteiger partial charge >= 0.3 is 0 Å². The van der Waals surface area contributed by atoms with Gasteiger partial charge in [-0.2, -0.15) is 0 Å². The standard InChI is InChI=1S/C31H31FN4O5/c32-22-8-5-19(6-9-22)23-3-1-2-4-25(23)30(40)35-15-13-34(14-16-35)29(39)20-7-10-24-21(17-20)18-36(31(24)41)26-11-12-27(37)33-28(26)38/h5-10,17,26H,1-4,11-16,18H2,(H,33,37,38). The van der Waals surface area contributed by atoms with Gasteiger partial charge in [0.15, 0.2) is 0 Å². The monoisotopic (exact) mass is 558 g/mol. The second kappa shape index (κ2) is 10.9. The van der Waals surface area contributed by atoms with Crippen molar-refractivity contribution in [3.63, 3.8) is 0 Å². The van der Waals surface area contributed by atoms with Crippen molar-refractivity contribution in [1.82, 2.24) is 20.0 Å². The Labute approximate surface area is 237 Å². The summed E-state index contributed by atoms with van der Waals surface area (Å²) >= 11 is 0. The Balaban J connectivity index is 1.11. The summed E-state index contributed by atoms with van der Waals surface area (Å²) in [6, 6.07) is 10.6. The van der Waals surface area contributed by atoms with Crippen LogP contribution < -0.4 is 5.32 Å². The topological polar surface area (TPSA) is 107 Å². The number of halogens is 1. The van der Waals surface area contributed by atoms with Crippen LogP contribution in [0, 0.1) is 5.82 Å². The summed E-state index contributed by atoms with van der Waals surface area (Å²) in [5, 5.41) is 2.29. The van der Waals surface area contributed by atoms with Crippen molar-refractivity contribution in [1.29, 1.82) is 0 Å². The predicted octanol–water partition coefficient (Wildman–Crippen LogP) is 2.90. The van der Waals surface area contributed by atoms with E-state index in [9.17, 15) is 28.4 Å². The quantitative estimate of drug-likeness (QED) is 0.581. The van der Waals surface area contributed by atoms with Gasteiger partial charge in [0.2, 0.25) is 17.7 Å². The van der Waals surface area contributed by atoms with E-state index >= 15 is 0 Å². The highest BCUT2D eigenvalue weighted by molar-refractivity contribution is 6.06. The number of benzene rings is 2. The van der Waals surface area contributed by atoms with Crippen LogP contribution >= 0.6 is 0 Å². The maximum absolute atomic E-state index is 13.5. The van der Waals surface area contributed by atoms with Crippen LogP contribution in [0.25, 0.3) is 5.57 Å². The van der Waals surface area contributed by atoms with Gasteiger partial charge in [-0.05, 0) is 79.1 Å². The Bertz CT molecular complexity index is 1480. The molecule has 0 spiro atoms. The minimum Gasteiger partial charge on any atom is -0.335 e. The van der Waals surface area contributed by atoms with Crippen LogP contribution in [0.2, 0.25) is 0 Å². The van der Waals surface area contributed by atoms with Crippen LogP contribution in [0.5, 0.6) is 0 Å². The zero-order valence-corrected chi connectivity index (χ0v) is 22.7. The number of carbonyl (C=O) groups excluding carboxylic acids is 5. The summed E-state index contributed by atoms with van der Waals surface area (Å²) in [6.45, 7) is 1.81. The second-order valence-electron chi connectivity index (χ2n) is 11.0. The predicted molar refractivity (Wildman–Crippen MR) is 147 cm³/mol. The first kappa shape index (κ1) is 26.9. The van der Waals surface area contributed by atoms with E-state index in [4.69, 9.17) is 0 Å². The molecule has 212 valence electrons. The highest BCUT2D eigenvalue weighted by Crippen LogP contribution is 2.34. The normalized spacial score (nSPS) is 21.2. The van der Waals surface area contributed by atoms with E-state index in [0.29, 0.717) is 49.3 Å². The number of hydrogen-bond donors (Lipinski definition) is 1. The van der Waals surface area contributed by atoms with Crippen LogP contribution in [-0.2, 0) is 20.9 Å². The van der Waals surface area contributed by atoms with Crippen molar-refractivity contribution in [2.45, 2.75) is 51.1 Å². The third-order valence-corrected chi connectivity index (χ3v) is 8.54. The minimum atomic E-state index is -0.708. The lowest BCUT2D eigenvalue weighted by atomic mass is 9.86. The van der Waals surface area contributed by atoms with Crippen molar-refractivity contribution < 1.29 is 28.4 Å². The Morgan fingerprint density at radius 1 is 0.829 bits per heavy atom. The largest absolute Gasteiger partial charge is 0.335 e. The molecular weight excluding hydrogens is 527 g/mol. The lowest BCUT2D eigenvalue weighted by Gasteiger charge is -2.36. The number of piperidine rings is 1. The maximum atomic E-state index is 13.5. The SMILES string of the molecule is O=C1CCC(N2Cc3cc(C(=O)N4CCN(C(=O)C5=C(c6ccc(F)cc6)CCCC5)CC4)ccc3C2=O)C(=O)N1. The maximum Gasteiger partial charge on any atom is 0.255 e. The van der Waals surface area contributed by atoms with E-state index in [-0.39, 0.29) is 48.8 Å². The van der Waals surface area contributed by atoms with Crippen LogP contribution in [0.1, 0.15) is 70.4 Å². The highest BCUT2D eigenvalue weighted by Gasteiger charge is 2.39. The number of carbonyl (C=O) groups is 5. The molecule has 3 heterocycles. The van der Waals surface area contributed by atoms with E-state index in [1.54, 1.807) is 40.1 Å². The molecule has 1 unspecified atom stereocenters. The Kier molecular flexibility index (Phi) is 7.15. The molecule has 2 saturated heterocycles. The van der Waals surface area contributed by atoms with Gasteiger partial charge < -0.3 is 14.7 Å². The summed E-state index contributed by atoms with van der Waals surface area (Å²) in [6.07, 6.45) is 3.86. The molecule has 0 saturated carbocycles. The van der Waals surface area contributed by atoms with Gasteiger partial charge in [-0.25, -0.2) is 4.39 Å². The molecule has 0 aromatic heterocycles. The number of imide groups is 1. The molecule has 2 aromatic rings. The number of nitrogens with zero attached hydrogens (tertiary/aromatic N) is 3. The smallest absolute Gasteiger partial charge is 0.255 e. The van der Waals surface area contributed by atoms with Crippen molar-refractivity contribution in [2.75, 3.05) is 26.2 Å². The van der Waals surface area contributed by atoms with E-state index in [1.165, 1.54) is 17.0 Å². The number of amides is 5. The van der Waals surface area contributed by atoms with Gasteiger partial charge in [-0.1, -0.05) is 12.1 Å². The van der Waals surface area contributed by atoms with Crippen LogP contribution in [-0.4, -0.2) is 76.5 Å². The van der Waals surface area contributed by atoms with E-state index in [2.05, 4.69) is 5.32 Å². The molecule has 1 N–H and O–H groups in total. The molecule has 2 aromatic carbocycles. The molecule has 10 heteroatoms. The average Bonchev–Trinajstić information content (AvgIpc) is 3.32. The van der Waals surface area contributed by atoms with Crippen molar-refractivity contribution in [3.8, 4) is 0 Å². The van der Waals surface area contributed by atoms with Gasteiger partial charge in [-0.3, -0.25) is 29.3 Å². The number of fused-ring (bicyclic) bond motifs is 1. The van der Waals surface area contributed by atoms with Gasteiger partial charge in [0.25, 0.3) is 11.8 Å². The summed E-state index contributed by atoms with van der Waals surface area (Å²) in [5.74, 6) is -1.58. The van der Waals surface area contributed by atoms with Crippen molar-refractivity contribution >= 4 is 35.1 Å². The fourth-order valence-corrected chi connectivity index (χ4v) is 6.30. The Morgan fingerprint density at radius 2 is 1.51 bits per heavy atom. The summed E-state index contributed by atoms with van der Waals surface area (Å²) < 4.78 is 13.5. The number of allylic oxidation sites excluding steroid dienone is 1. The fraction of sp³-hybridized carbons (Fsp3) is 0.387. The zero-order valence-electron chi connectivity index (χ0n) is 22.7. The molecule has 0 bridgehead atoms. The Morgan fingerprint density at radius 3 is 2.22 bits per heavy atom. The lowest BCUT2D eigenvalue weighted by molar-refractivity contribution is -0.137. The second-order valence-corrected chi connectivity index (χ2v) is 11.0. The summed E-state index contributed by atoms with van der Waals surface area (Å²) in [5.41, 5.74) is 4.24. The van der Waals surface area contributed by atoms with E-state index in [0.717, 1.165) is 36.0 Å². The first-order valence-electron chi connectivity index (χ1n) is 14.1. The number of hydrogen-bond acceptors (Lipinski definition) is 5. The molecule has 41 heavy (non-hydrogen) atoms. The fourth-order valence-electron chi connectivity index (χ4n) is 6.30. The first-order chi connectivity index (χ1) is 19.8. The molecule has 2 fully saturated rings. The third-order valence-electron chi connectivity index (χ3n) is 8.54. The average molecular weight is 559 g/mol. The number of piperazine rings is 1.